The number of nitrogens with two attached hydrogens (primary N) is 1. The topological polar surface area (TPSA) is 193 Å². The summed E-state index contributed by atoms with van der Waals surface area (Å²) in [6.07, 6.45) is 1.46. The average molecular weight is 455 g/mol. The van der Waals surface area contributed by atoms with E-state index >= 15 is 0 Å². The van der Waals surface area contributed by atoms with Crippen molar-refractivity contribution < 1.29 is 28.6 Å². The lowest BCUT2D eigenvalue weighted by molar-refractivity contribution is -0.139. The first-order valence-corrected chi connectivity index (χ1v) is 10.3. The van der Waals surface area contributed by atoms with Crippen molar-refractivity contribution in [3.63, 3.8) is 0 Å². The third-order valence-electron chi connectivity index (χ3n) is 4.04. The Hall–Kier alpha value is -3.31. The molecule has 12 heteroatoms. The Kier molecular flexibility index (Phi) is 9.95. The molecule has 0 bridgehead atoms. The molecule has 1 aromatic rings. The number of carboxylic acids is 1. The number of nitrogens with one attached hydrogen (secondary N) is 4. The van der Waals surface area contributed by atoms with Gasteiger partial charge in [-0.25, -0.2) is 14.6 Å². The number of ether oxygens (including phenoxy) is 1. The molecule has 2 atom stereocenters. The Morgan fingerprint density at radius 3 is 2.47 bits per heavy atom. The van der Waals surface area contributed by atoms with Gasteiger partial charge in [0.15, 0.2) is 11.7 Å². The van der Waals surface area contributed by atoms with E-state index in [1.165, 1.54) is 0 Å². The molecule has 0 radical (unpaired) electrons. The molecule has 0 saturated carbocycles. The van der Waals surface area contributed by atoms with Gasteiger partial charge in [0, 0.05) is 6.54 Å². The van der Waals surface area contributed by atoms with Crippen LogP contribution in [0.25, 0.3) is 0 Å². The highest BCUT2D eigenvalue weighted by Crippen LogP contribution is 2.22. The van der Waals surface area contributed by atoms with Crippen molar-refractivity contribution in [2.24, 2.45) is 11.7 Å². The van der Waals surface area contributed by atoms with Gasteiger partial charge in [0.1, 0.15) is 23.9 Å². The van der Waals surface area contributed by atoms with E-state index in [1.807, 2.05) is 13.8 Å². The molecule has 180 valence electrons. The summed E-state index contributed by atoms with van der Waals surface area (Å²) in [5, 5.41) is 24.1. The number of carbonyl (C=O) groups excluding carboxylic acids is 2. The first-order valence-electron chi connectivity index (χ1n) is 10.3. The van der Waals surface area contributed by atoms with Gasteiger partial charge in [-0.2, -0.15) is 0 Å². The molecule has 0 aliphatic rings. The third kappa shape index (κ3) is 10.1. The van der Waals surface area contributed by atoms with Crippen molar-refractivity contribution in [1.82, 2.24) is 20.9 Å². The zero-order chi connectivity index (χ0) is 24.5. The molecular weight excluding hydrogens is 420 g/mol. The average Bonchev–Trinajstić information content (AvgIpc) is 3.11. The van der Waals surface area contributed by atoms with Crippen LogP contribution in [0.2, 0.25) is 0 Å². The van der Waals surface area contributed by atoms with Gasteiger partial charge >= 0.3 is 12.1 Å². The number of carbonyl (C=O) groups is 3. The summed E-state index contributed by atoms with van der Waals surface area (Å²) < 4.78 is 10.7. The highest BCUT2D eigenvalue weighted by molar-refractivity contribution is 5.94. The minimum absolute atomic E-state index is 0.104. The Morgan fingerprint density at radius 1 is 1.28 bits per heavy atom. The van der Waals surface area contributed by atoms with E-state index in [0.717, 1.165) is 6.26 Å². The smallest absolute Gasteiger partial charge is 0.408 e. The number of guanidine groups is 1. The van der Waals surface area contributed by atoms with Crippen LogP contribution in [-0.4, -0.2) is 52.2 Å². The van der Waals surface area contributed by atoms with E-state index in [2.05, 4.69) is 20.9 Å². The largest absolute Gasteiger partial charge is 0.480 e. The Labute approximate surface area is 187 Å². The van der Waals surface area contributed by atoms with Crippen LogP contribution >= 0.6 is 0 Å². The molecule has 2 amide bonds. The first-order chi connectivity index (χ1) is 14.8. The molecule has 12 nitrogen and oxygen atoms in total. The van der Waals surface area contributed by atoms with Crippen LogP contribution in [0.1, 0.15) is 76.3 Å². The van der Waals surface area contributed by atoms with Crippen molar-refractivity contribution in [2.45, 2.75) is 71.6 Å². The van der Waals surface area contributed by atoms with Crippen LogP contribution in [0, 0.1) is 11.3 Å². The number of aromatic nitrogens is 1. The Morgan fingerprint density at radius 2 is 1.94 bits per heavy atom. The summed E-state index contributed by atoms with van der Waals surface area (Å²) in [5.74, 6) is -1.83. The maximum Gasteiger partial charge on any atom is 0.408 e. The summed E-state index contributed by atoms with van der Waals surface area (Å²) in [5.41, 5.74) is 4.39. The molecule has 1 unspecified atom stereocenters. The van der Waals surface area contributed by atoms with Crippen LogP contribution in [-0.2, 0) is 9.53 Å². The number of hydrogen-bond acceptors (Lipinski definition) is 7. The Bertz CT molecular complexity index is 801. The van der Waals surface area contributed by atoms with Crippen molar-refractivity contribution >= 4 is 23.9 Å². The van der Waals surface area contributed by atoms with Gasteiger partial charge < -0.3 is 35.9 Å². The lowest BCUT2D eigenvalue weighted by Crippen LogP contribution is -2.41. The molecule has 0 spiro atoms. The normalized spacial score (nSPS) is 13.2. The number of amides is 2. The molecule has 1 rings (SSSR count). The third-order valence-corrected chi connectivity index (χ3v) is 4.04. The zero-order valence-electron chi connectivity index (χ0n) is 19.2. The maximum absolute atomic E-state index is 12.5. The summed E-state index contributed by atoms with van der Waals surface area (Å²) in [6, 6.07) is -1.78. The van der Waals surface area contributed by atoms with Crippen LogP contribution in [0.4, 0.5) is 4.79 Å². The maximum atomic E-state index is 12.5. The number of nitrogens with zero attached hydrogens (tertiary/aromatic N) is 1. The van der Waals surface area contributed by atoms with Gasteiger partial charge in [-0.3, -0.25) is 10.2 Å². The molecular formula is C20H34N6O6. The van der Waals surface area contributed by atoms with Crippen LogP contribution in [0.15, 0.2) is 10.7 Å². The summed E-state index contributed by atoms with van der Waals surface area (Å²) in [6.45, 7) is 9.44. The van der Waals surface area contributed by atoms with Gasteiger partial charge in [0.25, 0.3) is 5.91 Å². The molecule has 1 aromatic heterocycles. The van der Waals surface area contributed by atoms with Crippen molar-refractivity contribution in [3.05, 3.63) is 17.8 Å². The lowest BCUT2D eigenvalue weighted by Gasteiger charge is -2.23. The summed E-state index contributed by atoms with van der Waals surface area (Å²) in [7, 11) is 0. The number of hydrogen-bond donors (Lipinski definition) is 6. The van der Waals surface area contributed by atoms with Gasteiger partial charge in [0.2, 0.25) is 5.89 Å². The molecule has 7 N–H and O–H groups in total. The van der Waals surface area contributed by atoms with E-state index in [0.29, 0.717) is 19.4 Å². The number of aliphatic carboxylic acids is 1. The standard InChI is InChI=1S/C20H34N6O6/c1-11(2)9-13(26-19(30)32-20(3,4)5)16-25-14(10-31-16)15(27)24-12(17(28)29)7-6-8-23-18(21)22/h10-13H,6-9H2,1-5H3,(H,24,27)(H,26,30)(H,28,29)(H4,21,22,23)/t12-,13?/m0/s1. The number of alkyl carbamates (subject to hydrolysis) is 1. The molecule has 0 aliphatic carbocycles. The van der Waals surface area contributed by atoms with Gasteiger partial charge in [-0.15, -0.1) is 0 Å². The minimum atomic E-state index is -1.20. The second kappa shape index (κ2) is 11.9. The fourth-order valence-corrected chi connectivity index (χ4v) is 2.71. The Balaban J connectivity index is 2.83. The van der Waals surface area contributed by atoms with Gasteiger partial charge in [-0.05, 0) is 46.0 Å². The van der Waals surface area contributed by atoms with E-state index in [9.17, 15) is 19.5 Å². The molecule has 0 aliphatic heterocycles. The fourth-order valence-electron chi connectivity index (χ4n) is 2.71. The van der Waals surface area contributed by atoms with E-state index < -0.39 is 35.7 Å². The zero-order valence-corrected chi connectivity index (χ0v) is 19.2. The van der Waals surface area contributed by atoms with E-state index in [-0.39, 0.29) is 29.9 Å². The van der Waals surface area contributed by atoms with Crippen molar-refractivity contribution in [3.8, 4) is 0 Å². The van der Waals surface area contributed by atoms with Crippen molar-refractivity contribution in [2.75, 3.05) is 6.54 Å². The second-order valence-electron chi connectivity index (χ2n) is 8.75. The lowest BCUT2D eigenvalue weighted by atomic mass is 10.0. The fraction of sp³-hybridized carbons (Fsp3) is 0.650. The first kappa shape index (κ1) is 26.7. The van der Waals surface area contributed by atoms with Gasteiger partial charge in [-0.1, -0.05) is 13.8 Å². The molecule has 0 aromatic carbocycles. The summed E-state index contributed by atoms with van der Waals surface area (Å²) in [4.78, 5) is 40.3. The number of rotatable bonds is 11. The van der Waals surface area contributed by atoms with Crippen LogP contribution in [0.3, 0.4) is 0 Å². The number of carboxylic acid groups (broad SMARTS) is 1. The molecule has 0 fully saturated rings. The minimum Gasteiger partial charge on any atom is -0.480 e. The van der Waals surface area contributed by atoms with Crippen molar-refractivity contribution in [1.29, 1.82) is 5.41 Å². The molecule has 0 saturated heterocycles. The summed E-state index contributed by atoms with van der Waals surface area (Å²) >= 11 is 0. The van der Waals surface area contributed by atoms with Gasteiger partial charge in [0.05, 0.1) is 0 Å². The monoisotopic (exact) mass is 454 g/mol. The quantitative estimate of drug-likeness (QED) is 0.164. The molecule has 1 heterocycles. The van der Waals surface area contributed by atoms with E-state index in [1.54, 1.807) is 20.8 Å². The SMILES string of the molecule is CC(C)CC(NC(=O)OC(C)(C)C)c1nc(C(=O)N[C@@H](CCCNC(=N)N)C(=O)O)co1. The molecule has 32 heavy (non-hydrogen) atoms. The van der Waals surface area contributed by atoms with Crippen LogP contribution in [0.5, 0.6) is 0 Å². The highest BCUT2D eigenvalue weighted by Gasteiger charge is 2.27. The predicted molar refractivity (Wildman–Crippen MR) is 116 cm³/mol. The highest BCUT2D eigenvalue weighted by atomic mass is 16.6. The van der Waals surface area contributed by atoms with E-state index in [4.69, 9.17) is 20.3 Å². The predicted octanol–water partition coefficient (Wildman–Crippen LogP) is 1.73. The second-order valence-corrected chi connectivity index (χ2v) is 8.75. The van der Waals surface area contributed by atoms with Crippen LogP contribution < -0.4 is 21.7 Å². The number of oxazole rings is 1.